The Balaban J connectivity index is 1.26. The normalized spacial score (nSPS) is 21.2. The number of amides is 3. The van der Waals surface area contributed by atoms with Crippen LogP contribution in [0, 0.1) is 0 Å². The van der Waals surface area contributed by atoms with Crippen LogP contribution in [0.2, 0.25) is 0 Å². The molecule has 0 unspecified atom stereocenters. The van der Waals surface area contributed by atoms with Gasteiger partial charge in [0.25, 0.3) is 11.8 Å². The van der Waals surface area contributed by atoms with Crippen LogP contribution in [-0.4, -0.2) is 86.2 Å². The van der Waals surface area contributed by atoms with Crippen LogP contribution in [0.4, 0.5) is 10.6 Å². The van der Waals surface area contributed by atoms with Gasteiger partial charge < -0.3 is 29.0 Å². The maximum atomic E-state index is 13.9. The van der Waals surface area contributed by atoms with Crippen molar-refractivity contribution in [1.82, 2.24) is 24.8 Å². The quantitative estimate of drug-likeness (QED) is 0.130. The molecule has 15 heteroatoms. The summed E-state index contributed by atoms with van der Waals surface area (Å²) >= 11 is 0. The lowest BCUT2D eigenvalue weighted by atomic mass is 10.1. The lowest BCUT2D eigenvalue weighted by molar-refractivity contribution is -0.191. The molecule has 0 spiro atoms. The highest BCUT2D eigenvalue weighted by atomic mass is 16.8. The molecule has 2 fully saturated rings. The summed E-state index contributed by atoms with van der Waals surface area (Å²) in [5, 5.41) is 2.57. The van der Waals surface area contributed by atoms with Crippen molar-refractivity contribution in [2.75, 3.05) is 12.0 Å². The molecule has 4 heterocycles. The third kappa shape index (κ3) is 8.27. The second-order valence-electron chi connectivity index (χ2n) is 14.0. The number of nitrogens with zero attached hydrogens (tertiary/aromatic N) is 5. The molecular formula is C38H42N6O9. The molecule has 4 aromatic rings. The van der Waals surface area contributed by atoms with E-state index in [0.717, 1.165) is 4.90 Å². The van der Waals surface area contributed by atoms with E-state index in [1.54, 1.807) is 99.8 Å². The van der Waals surface area contributed by atoms with Gasteiger partial charge in [0.15, 0.2) is 29.0 Å². The molecule has 2 aromatic carbocycles. The number of methoxy groups -OCH3 is 1. The number of imide groups is 1. The van der Waals surface area contributed by atoms with Gasteiger partial charge in [0.05, 0.1) is 13.4 Å². The molecule has 3 amide bonds. The number of hydrogen-bond donors (Lipinski definition) is 1. The lowest BCUT2D eigenvalue weighted by Gasteiger charge is -2.24. The van der Waals surface area contributed by atoms with Crippen molar-refractivity contribution < 1.29 is 42.9 Å². The van der Waals surface area contributed by atoms with Gasteiger partial charge in [-0.15, -0.1) is 0 Å². The Morgan fingerprint density at radius 2 is 1.57 bits per heavy atom. The van der Waals surface area contributed by atoms with Crippen molar-refractivity contribution in [2.24, 2.45) is 0 Å². The van der Waals surface area contributed by atoms with Gasteiger partial charge in [0.1, 0.15) is 36.3 Å². The van der Waals surface area contributed by atoms with E-state index in [1.165, 1.54) is 19.8 Å². The number of benzene rings is 2. The van der Waals surface area contributed by atoms with Gasteiger partial charge in [-0.25, -0.2) is 29.4 Å². The van der Waals surface area contributed by atoms with E-state index in [4.69, 9.17) is 23.7 Å². The number of hydrogen-bond acceptors (Lipinski definition) is 12. The molecule has 0 aliphatic carbocycles. The van der Waals surface area contributed by atoms with E-state index < -0.39 is 65.8 Å². The second kappa shape index (κ2) is 15.2. The summed E-state index contributed by atoms with van der Waals surface area (Å²) < 4.78 is 30.9. The van der Waals surface area contributed by atoms with Gasteiger partial charge in [-0.2, -0.15) is 0 Å². The van der Waals surface area contributed by atoms with Crippen molar-refractivity contribution in [3.63, 3.8) is 0 Å². The average Bonchev–Trinajstić information content (AvgIpc) is 3.80. The van der Waals surface area contributed by atoms with Gasteiger partial charge in [0.2, 0.25) is 0 Å². The SMILES string of the molecule is COC(=O)[C@H](CC/C=C/[C@H]1O[C@@H](n2cnc3c(N(C(=O)c4ccccc4)C(=O)c4ccccc4)ncnc32)[C@@H]2OC(C)(C)O[C@@H]21)NC(=O)OC(C)(C)C. The number of aromatic nitrogens is 4. The number of carbonyl (C=O) groups is 4. The number of alkyl carbamates (subject to hydrolysis) is 1. The first kappa shape index (κ1) is 37.3. The molecule has 2 aliphatic heterocycles. The fourth-order valence-corrected chi connectivity index (χ4v) is 6.21. The zero-order chi connectivity index (χ0) is 37.9. The molecule has 0 radical (unpaired) electrons. The predicted molar refractivity (Wildman–Crippen MR) is 191 cm³/mol. The molecule has 2 aromatic heterocycles. The number of nitrogens with one attached hydrogen (secondary N) is 1. The van der Waals surface area contributed by atoms with Crippen molar-refractivity contribution in [1.29, 1.82) is 0 Å². The lowest BCUT2D eigenvalue weighted by Crippen LogP contribution is -2.43. The molecule has 5 atom stereocenters. The first-order valence-electron chi connectivity index (χ1n) is 17.2. The Morgan fingerprint density at radius 3 is 2.17 bits per heavy atom. The molecule has 2 saturated heterocycles. The van der Waals surface area contributed by atoms with Crippen molar-refractivity contribution in [2.45, 2.75) is 89.4 Å². The summed E-state index contributed by atoms with van der Waals surface area (Å²) in [7, 11) is 1.25. The van der Waals surface area contributed by atoms with Crippen LogP contribution in [-0.2, 0) is 28.5 Å². The van der Waals surface area contributed by atoms with Crippen molar-refractivity contribution in [3.8, 4) is 0 Å². The summed E-state index contributed by atoms with van der Waals surface area (Å²) in [5.74, 6) is -2.69. The predicted octanol–water partition coefficient (Wildman–Crippen LogP) is 5.13. The minimum atomic E-state index is -0.936. The largest absolute Gasteiger partial charge is 0.467 e. The van der Waals surface area contributed by atoms with Gasteiger partial charge in [-0.1, -0.05) is 48.6 Å². The van der Waals surface area contributed by atoms with Crippen LogP contribution in [0.1, 0.15) is 74.4 Å². The molecule has 15 nitrogen and oxygen atoms in total. The number of fused-ring (bicyclic) bond motifs is 2. The van der Waals surface area contributed by atoms with E-state index >= 15 is 0 Å². The topological polar surface area (TPSA) is 173 Å². The van der Waals surface area contributed by atoms with E-state index in [-0.39, 0.29) is 28.9 Å². The Hall–Kier alpha value is -5.51. The van der Waals surface area contributed by atoms with Crippen LogP contribution in [0.15, 0.2) is 85.5 Å². The highest BCUT2D eigenvalue weighted by Gasteiger charge is 2.55. The van der Waals surface area contributed by atoms with Gasteiger partial charge in [-0.05, 0) is 71.7 Å². The smallest absolute Gasteiger partial charge is 0.408 e. The number of esters is 1. The molecule has 1 N–H and O–H groups in total. The van der Waals surface area contributed by atoms with Crippen molar-refractivity contribution >= 4 is 40.9 Å². The monoisotopic (exact) mass is 726 g/mol. The minimum Gasteiger partial charge on any atom is -0.467 e. The average molecular weight is 727 g/mol. The summed E-state index contributed by atoms with van der Waals surface area (Å²) in [6.45, 7) is 8.80. The molecule has 278 valence electrons. The van der Waals surface area contributed by atoms with Crippen LogP contribution in [0.3, 0.4) is 0 Å². The van der Waals surface area contributed by atoms with Crippen LogP contribution < -0.4 is 10.2 Å². The van der Waals surface area contributed by atoms with Gasteiger partial charge in [-0.3, -0.25) is 14.2 Å². The van der Waals surface area contributed by atoms with Crippen LogP contribution in [0.5, 0.6) is 0 Å². The summed E-state index contributed by atoms with van der Waals surface area (Å²) in [6.07, 6.45) is 3.83. The Bertz CT molecular complexity index is 1940. The molecule has 0 saturated carbocycles. The summed E-state index contributed by atoms with van der Waals surface area (Å²) in [6, 6.07) is 16.0. The third-order valence-corrected chi connectivity index (χ3v) is 8.46. The first-order chi connectivity index (χ1) is 25.3. The minimum absolute atomic E-state index is 0.00604. The second-order valence-corrected chi connectivity index (χ2v) is 14.0. The Labute approximate surface area is 306 Å². The highest BCUT2D eigenvalue weighted by Crippen LogP contribution is 2.44. The number of carbonyl (C=O) groups excluding carboxylic acids is 4. The van der Waals surface area contributed by atoms with E-state index in [9.17, 15) is 19.2 Å². The molecule has 2 aliphatic rings. The molecule has 53 heavy (non-hydrogen) atoms. The first-order valence-corrected chi connectivity index (χ1v) is 17.2. The number of allylic oxidation sites excluding steroid dienone is 1. The highest BCUT2D eigenvalue weighted by molar-refractivity contribution is 6.27. The number of anilines is 1. The van der Waals surface area contributed by atoms with Crippen molar-refractivity contribution in [3.05, 3.63) is 96.6 Å². The maximum Gasteiger partial charge on any atom is 0.408 e. The van der Waals surface area contributed by atoms with Gasteiger partial charge in [0, 0.05) is 11.1 Å². The third-order valence-electron chi connectivity index (χ3n) is 8.46. The zero-order valence-corrected chi connectivity index (χ0v) is 30.3. The fraction of sp³-hybridized carbons (Fsp3) is 0.395. The summed E-state index contributed by atoms with van der Waals surface area (Å²) in [5.41, 5.74) is 0.345. The molecule has 6 rings (SSSR count). The summed E-state index contributed by atoms with van der Waals surface area (Å²) in [4.78, 5) is 67.1. The zero-order valence-electron chi connectivity index (χ0n) is 30.3. The van der Waals surface area contributed by atoms with E-state index in [2.05, 4.69) is 20.3 Å². The molecule has 0 bridgehead atoms. The van der Waals surface area contributed by atoms with Crippen LogP contribution in [0.25, 0.3) is 11.2 Å². The number of ether oxygens (including phenoxy) is 5. The maximum absolute atomic E-state index is 13.9. The number of imidazole rings is 1. The Kier molecular flexibility index (Phi) is 10.7. The number of rotatable bonds is 10. The van der Waals surface area contributed by atoms with E-state index in [0.29, 0.717) is 12.1 Å². The van der Waals surface area contributed by atoms with Gasteiger partial charge >= 0.3 is 12.1 Å². The standard InChI is InChI=1S/C38H42N6O9/c1-37(2,3)53-36(48)42-25(35(47)49-6)19-13-14-20-26-28-29(52-38(4,5)51-28)34(50-26)43-22-41-27-30(43)39-21-40-31(27)44(32(45)23-15-9-7-10-16-23)33(46)24-17-11-8-12-18-24/h7-12,14-18,20-22,25-26,28-29,34H,13,19H2,1-6H3,(H,42,48)/b20-14+/t25-,26+,28+,29+,34+/m0/s1. The van der Waals surface area contributed by atoms with E-state index in [1.807, 2.05) is 12.2 Å². The Morgan fingerprint density at radius 1 is 0.943 bits per heavy atom. The van der Waals surface area contributed by atoms with Crippen LogP contribution >= 0.6 is 0 Å². The fourth-order valence-electron chi connectivity index (χ4n) is 6.21. The molecular weight excluding hydrogens is 684 g/mol.